The summed E-state index contributed by atoms with van der Waals surface area (Å²) in [6, 6.07) is 3.11. The number of hydrogen-bond donors (Lipinski definition) is 1. The van der Waals surface area contributed by atoms with Crippen molar-refractivity contribution in [3.05, 3.63) is 27.7 Å². The third-order valence-electron chi connectivity index (χ3n) is 3.56. The average Bonchev–Trinajstić information content (AvgIpc) is 3.08. The Bertz CT molecular complexity index is 733. The lowest BCUT2D eigenvalue weighted by molar-refractivity contribution is 0.102. The Morgan fingerprint density at radius 2 is 1.89 bits per heavy atom. The van der Waals surface area contributed by atoms with Gasteiger partial charge in [-0.05, 0) is 25.0 Å². The van der Waals surface area contributed by atoms with Crippen molar-refractivity contribution in [2.45, 2.75) is 50.3 Å². The van der Waals surface area contributed by atoms with Crippen molar-refractivity contribution in [3.63, 3.8) is 0 Å². The first-order valence-corrected chi connectivity index (χ1v) is 11.5. The summed E-state index contributed by atoms with van der Waals surface area (Å²) in [4.78, 5) is 12.4. The van der Waals surface area contributed by atoms with Crippen LogP contribution in [-0.2, 0) is 0 Å². The maximum atomic E-state index is 12.4. The molecule has 9 heteroatoms. The van der Waals surface area contributed by atoms with E-state index in [4.69, 9.17) is 27.9 Å². The quantitative estimate of drug-likeness (QED) is 0.240. The number of ether oxygens (including phenoxy) is 1. The number of thioether (sulfide) groups is 1. The highest BCUT2D eigenvalue weighted by atomic mass is 35.5. The summed E-state index contributed by atoms with van der Waals surface area (Å²) >= 11 is 15.5. The van der Waals surface area contributed by atoms with Crippen molar-refractivity contribution in [1.29, 1.82) is 0 Å². The van der Waals surface area contributed by atoms with Gasteiger partial charge in [-0.15, -0.1) is 10.2 Å². The summed E-state index contributed by atoms with van der Waals surface area (Å²) in [5.41, 5.74) is 0.348. The average molecular weight is 448 g/mol. The van der Waals surface area contributed by atoms with Gasteiger partial charge in [-0.2, -0.15) is 0 Å². The Morgan fingerprint density at radius 3 is 2.56 bits per heavy atom. The zero-order valence-electron chi connectivity index (χ0n) is 15.4. The first-order chi connectivity index (χ1) is 13.0. The SMILES string of the molecule is CCCCCCOc1c(Cl)cc(C(=O)Nc2nnc(SCCC)s2)cc1Cl. The van der Waals surface area contributed by atoms with Crippen LogP contribution in [0.1, 0.15) is 56.3 Å². The largest absolute Gasteiger partial charge is 0.490 e. The predicted octanol–water partition coefficient (Wildman–Crippen LogP) is 6.56. The normalized spacial score (nSPS) is 10.8. The molecule has 2 rings (SSSR count). The molecule has 0 spiro atoms. The van der Waals surface area contributed by atoms with Crippen LogP contribution in [-0.4, -0.2) is 28.5 Å². The van der Waals surface area contributed by atoms with E-state index in [1.165, 1.54) is 24.2 Å². The van der Waals surface area contributed by atoms with Crippen LogP contribution in [0.25, 0.3) is 0 Å². The van der Waals surface area contributed by atoms with E-state index in [2.05, 4.69) is 29.4 Å². The molecule has 148 valence electrons. The van der Waals surface area contributed by atoms with Gasteiger partial charge >= 0.3 is 0 Å². The summed E-state index contributed by atoms with van der Waals surface area (Å²) in [6.07, 6.45) is 5.44. The van der Waals surface area contributed by atoms with Crippen molar-refractivity contribution >= 4 is 57.3 Å². The fraction of sp³-hybridized carbons (Fsp3) is 0.500. The van der Waals surface area contributed by atoms with Gasteiger partial charge in [-0.1, -0.05) is 79.4 Å². The standard InChI is InChI=1S/C18H23Cl2N3O2S2/c1-3-5-6-7-8-25-15-13(19)10-12(11-14(15)20)16(24)21-17-22-23-18(27-17)26-9-4-2/h10-11H,3-9H2,1-2H3,(H,21,22,24). The molecule has 0 aliphatic carbocycles. The molecular formula is C18H23Cl2N3O2S2. The monoisotopic (exact) mass is 447 g/mol. The molecule has 0 bridgehead atoms. The number of hydrogen-bond acceptors (Lipinski definition) is 6. The fourth-order valence-electron chi connectivity index (χ4n) is 2.21. The Kier molecular flexibility index (Phi) is 9.68. The summed E-state index contributed by atoms with van der Waals surface area (Å²) in [6.45, 7) is 4.81. The van der Waals surface area contributed by atoms with Gasteiger partial charge in [0.1, 0.15) is 0 Å². The van der Waals surface area contributed by atoms with E-state index in [1.54, 1.807) is 23.9 Å². The number of amides is 1. The number of halogens is 2. The topological polar surface area (TPSA) is 64.1 Å². The molecule has 27 heavy (non-hydrogen) atoms. The summed E-state index contributed by atoms with van der Waals surface area (Å²) in [5.74, 6) is 1.05. The number of rotatable bonds is 11. The Morgan fingerprint density at radius 1 is 1.15 bits per heavy atom. The van der Waals surface area contributed by atoms with E-state index in [9.17, 15) is 4.79 Å². The first kappa shape index (κ1) is 22.3. The van der Waals surface area contributed by atoms with Gasteiger partial charge in [0.15, 0.2) is 10.1 Å². The number of nitrogens with zero attached hydrogens (tertiary/aromatic N) is 2. The molecule has 5 nitrogen and oxygen atoms in total. The van der Waals surface area contributed by atoms with Crippen LogP contribution in [0, 0.1) is 0 Å². The van der Waals surface area contributed by atoms with Crippen molar-refractivity contribution < 1.29 is 9.53 Å². The third-order valence-corrected chi connectivity index (χ3v) is 6.30. The van der Waals surface area contributed by atoms with E-state index in [0.717, 1.165) is 29.4 Å². The second-order valence-corrected chi connectivity index (χ2v) is 8.99. The van der Waals surface area contributed by atoms with Gasteiger partial charge in [0.05, 0.1) is 16.7 Å². The molecule has 2 aromatic rings. The van der Waals surface area contributed by atoms with Gasteiger partial charge in [0.25, 0.3) is 5.91 Å². The third kappa shape index (κ3) is 7.14. The number of nitrogens with one attached hydrogen (secondary N) is 1. The Balaban J connectivity index is 1.97. The minimum absolute atomic E-state index is 0.319. The minimum atomic E-state index is -0.337. The molecular weight excluding hydrogens is 425 g/mol. The molecule has 0 aliphatic rings. The second kappa shape index (κ2) is 11.7. The molecule has 0 aliphatic heterocycles. The van der Waals surface area contributed by atoms with Crippen LogP contribution in [0.15, 0.2) is 16.5 Å². The summed E-state index contributed by atoms with van der Waals surface area (Å²) in [7, 11) is 0. The highest BCUT2D eigenvalue weighted by Crippen LogP contribution is 2.35. The lowest BCUT2D eigenvalue weighted by atomic mass is 10.2. The maximum Gasteiger partial charge on any atom is 0.257 e. The zero-order chi connectivity index (χ0) is 19.6. The Hall–Kier alpha value is -1.02. The molecule has 0 unspecified atom stereocenters. The number of carbonyl (C=O) groups is 1. The van der Waals surface area contributed by atoms with Crippen LogP contribution in [0.2, 0.25) is 10.0 Å². The lowest BCUT2D eigenvalue weighted by Gasteiger charge is -2.11. The molecule has 1 aromatic carbocycles. The number of anilines is 1. The smallest absolute Gasteiger partial charge is 0.257 e. The summed E-state index contributed by atoms with van der Waals surface area (Å²) < 4.78 is 6.52. The predicted molar refractivity (Wildman–Crippen MR) is 115 cm³/mol. The highest BCUT2D eigenvalue weighted by Gasteiger charge is 2.16. The molecule has 1 aromatic heterocycles. The molecule has 1 heterocycles. The van der Waals surface area contributed by atoms with Gasteiger partial charge < -0.3 is 4.74 Å². The van der Waals surface area contributed by atoms with Crippen molar-refractivity contribution in [1.82, 2.24) is 10.2 Å². The zero-order valence-corrected chi connectivity index (χ0v) is 18.5. The molecule has 0 saturated carbocycles. The maximum absolute atomic E-state index is 12.4. The van der Waals surface area contributed by atoms with Crippen LogP contribution >= 0.6 is 46.3 Å². The Labute approximate surface area is 178 Å². The fourth-order valence-corrected chi connectivity index (χ4v) is 4.48. The minimum Gasteiger partial charge on any atom is -0.490 e. The lowest BCUT2D eigenvalue weighted by Crippen LogP contribution is -2.12. The number of benzene rings is 1. The van der Waals surface area contributed by atoms with Gasteiger partial charge in [0.2, 0.25) is 5.13 Å². The second-order valence-electron chi connectivity index (χ2n) is 5.85. The van der Waals surface area contributed by atoms with E-state index in [0.29, 0.717) is 33.1 Å². The molecule has 0 fully saturated rings. The molecule has 1 N–H and O–H groups in total. The molecule has 0 atom stereocenters. The number of unbranched alkanes of at least 4 members (excludes halogenated alkanes) is 3. The highest BCUT2D eigenvalue weighted by molar-refractivity contribution is 8.01. The molecule has 0 radical (unpaired) electrons. The van der Waals surface area contributed by atoms with E-state index in [1.807, 2.05) is 0 Å². The van der Waals surface area contributed by atoms with Crippen LogP contribution in [0.3, 0.4) is 0 Å². The summed E-state index contributed by atoms with van der Waals surface area (Å²) in [5, 5.41) is 11.9. The van der Waals surface area contributed by atoms with Crippen LogP contribution in [0.5, 0.6) is 5.75 Å². The van der Waals surface area contributed by atoms with Crippen molar-refractivity contribution in [2.75, 3.05) is 17.7 Å². The van der Waals surface area contributed by atoms with E-state index in [-0.39, 0.29) is 5.91 Å². The van der Waals surface area contributed by atoms with E-state index < -0.39 is 0 Å². The number of aromatic nitrogens is 2. The molecule has 1 amide bonds. The van der Waals surface area contributed by atoms with Gasteiger partial charge in [0, 0.05) is 11.3 Å². The van der Waals surface area contributed by atoms with Crippen molar-refractivity contribution in [2.24, 2.45) is 0 Å². The van der Waals surface area contributed by atoms with Crippen LogP contribution < -0.4 is 10.1 Å². The van der Waals surface area contributed by atoms with Gasteiger partial charge in [-0.3, -0.25) is 10.1 Å². The first-order valence-electron chi connectivity index (χ1n) is 8.94. The van der Waals surface area contributed by atoms with E-state index >= 15 is 0 Å². The number of carbonyl (C=O) groups excluding carboxylic acids is 1. The van der Waals surface area contributed by atoms with Crippen molar-refractivity contribution in [3.8, 4) is 5.75 Å². The van der Waals surface area contributed by atoms with Gasteiger partial charge in [-0.25, -0.2) is 0 Å². The van der Waals surface area contributed by atoms with Crippen LogP contribution in [0.4, 0.5) is 5.13 Å². The molecule has 0 saturated heterocycles.